The van der Waals surface area contributed by atoms with Crippen molar-refractivity contribution in [1.29, 1.82) is 0 Å². The standard InChI is InChI=1S/C13H18F3N3O/c1-10(9-19-4-6-20-7-5-19)18-12-3-2-11(8-17-12)13(14,15)16/h2-3,8,10H,4-7,9H2,1H3,(H,17,18). The number of hydrogen-bond donors (Lipinski definition) is 1. The molecule has 1 aromatic heterocycles. The van der Waals surface area contributed by atoms with E-state index in [9.17, 15) is 13.2 Å². The fourth-order valence-electron chi connectivity index (χ4n) is 2.12. The molecule has 1 fully saturated rings. The van der Waals surface area contributed by atoms with Crippen molar-refractivity contribution in [1.82, 2.24) is 9.88 Å². The molecule has 1 unspecified atom stereocenters. The van der Waals surface area contributed by atoms with Crippen LogP contribution in [0.15, 0.2) is 18.3 Å². The lowest BCUT2D eigenvalue weighted by atomic mass is 10.2. The summed E-state index contributed by atoms with van der Waals surface area (Å²) in [6, 6.07) is 2.51. The van der Waals surface area contributed by atoms with Crippen LogP contribution in [0.5, 0.6) is 0 Å². The van der Waals surface area contributed by atoms with E-state index in [0.29, 0.717) is 5.82 Å². The van der Waals surface area contributed by atoms with Crippen molar-refractivity contribution >= 4 is 5.82 Å². The summed E-state index contributed by atoms with van der Waals surface area (Å²) in [5.41, 5.74) is -0.733. The lowest BCUT2D eigenvalue weighted by Gasteiger charge is -2.29. The van der Waals surface area contributed by atoms with E-state index in [1.807, 2.05) is 6.92 Å². The normalized spacial score (nSPS) is 18.8. The molecular formula is C13H18F3N3O. The second-order valence-corrected chi connectivity index (χ2v) is 4.89. The van der Waals surface area contributed by atoms with Crippen LogP contribution in [0, 0.1) is 0 Å². The first-order valence-electron chi connectivity index (χ1n) is 6.55. The van der Waals surface area contributed by atoms with Crippen LogP contribution in [-0.4, -0.2) is 48.8 Å². The molecule has 1 atom stereocenters. The predicted octanol–water partition coefficient (Wildman–Crippen LogP) is 2.23. The average molecular weight is 289 g/mol. The number of nitrogens with zero attached hydrogens (tertiary/aromatic N) is 2. The summed E-state index contributed by atoms with van der Waals surface area (Å²) in [6.45, 7) is 6.01. The fourth-order valence-corrected chi connectivity index (χ4v) is 2.12. The third-order valence-electron chi connectivity index (χ3n) is 3.12. The molecule has 2 rings (SSSR count). The Labute approximate surface area is 115 Å². The van der Waals surface area contributed by atoms with Gasteiger partial charge in [0.1, 0.15) is 5.82 Å². The topological polar surface area (TPSA) is 37.4 Å². The zero-order chi connectivity index (χ0) is 14.6. The zero-order valence-electron chi connectivity index (χ0n) is 11.3. The molecule has 1 saturated heterocycles. The number of hydrogen-bond acceptors (Lipinski definition) is 4. The molecule has 0 amide bonds. The number of halogens is 3. The van der Waals surface area contributed by atoms with Crippen LogP contribution in [0.2, 0.25) is 0 Å². The quantitative estimate of drug-likeness (QED) is 0.922. The number of aromatic nitrogens is 1. The molecule has 1 aliphatic rings. The van der Waals surface area contributed by atoms with Crippen LogP contribution in [-0.2, 0) is 10.9 Å². The van der Waals surface area contributed by atoms with Crippen LogP contribution in [0.1, 0.15) is 12.5 Å². The van der Waals surface area contributed by atoms with Gasteiger partial charge in [-0.05, 0) is 19.1 Å². The van der Waals surface area contributed by atoms with Gasteiger partial charge in [0.25, 0.3) is 0 Å². The maximum absolute atomic E-state index is 12.4. The van der Waals surface area contributed by atoms with Crippen molar-refractivity contribution in [2.75, 3.05) is 38.2 Å². The number of ether oxygens (including phenoxy) is 1. The molecular weight excluding hydrogens is 271 g/mol. The van der Waals surface area contributed by atoms with E-state index in [2.05, 4.69) is 15.2 Å². The van der Waals surface area contributed by atoms with Crippen molar-refractivity contribution in [3.05, 3.63) is 23.9 Å². The van der Waals surface area contributed by atoms with E-state index < -0.39 is 11.7 Å². The Morgan fingerprint density at radius 3 is 2.60 bits per heavy atom. The van der Waals surface area contributed by atoms with Crippen LogP contribution in [0.25, 0.3) is 0 Å². The van der Waals surface area contributed by atoms with Gasteiger partial charge in [0, 0.05) is 31.9 Å². The second-order valence-electron chi connectivity index (χ2n) is 4.89. The Bertz CT molecular complexity index is 416. The summed E-state index contributed by atoms with van der Waals surface area (Å²) in [7, 11) is 0. The summed E-state index contributed by atoms with van der Waals surface area (Å²) in [6.07, 6.45) is -3.49. The van der Waals surface area contributed by atoms with Gasteiger partial charge in [-0.2, -0.15) is 13.2 Å². The molecule has 1 aliphatic heterocycles. The highest BCUT2D eigenvalue weighted by atomic mass is 19.4. The lowest BCUT2D eigenvalue weighted by molar-refractivity contribution is -0.137. The number of anilines is 1. The highest BCUT2D eigenvalue weighted by Crippen LogP contribution is 2.28. The molecule has 20 heavy (non-hydrogen) atoms. The predicted molar refractivity (Wildman–Crippen MR) is 69.6 cm³/mol. The number of nitrogens with one attached hydrogen (secondary N) is 1. The highest BCUT2D eigenvalue weighted by Gasteiger charge is 2.30. The number of pyridine rings is 1. The van der Waals surface area contributed by atoms with Gasteiger partial charge >= 0.3 is 6.18 Å². The monoisotopic (exact) mass is 289 g/mol. The van der Waals surface area contributed by atoms with E-state index in [4.69, 9.17) is 4.74 Å². The van der Waals surface area contributed by atoms with Gasteiger partial charge in [-0.1, -0.05) is 0 Å². The molecule has 0 radical (unpaired) electrons. The van der Waals surface area contributed by atoms with E-state index in [1.54, 1.807) is 0 Å². The summed E-state index contributed by atoms with van der Waals surface area (Å²) >= 11 is 0. The molecule has 0 aliphatic carbocycles. The van der Waals surface area contributed by atoms with Crippen LogP contribution >= 0.6 is 0 Å². The first kappa shape index (κ1) is 15.1. The molecule has 0 bridgehead atoms. The van der Waals surface area contributed by atoms with Crippen molar-refractivity contribution < 1.29 is 17.9 Å². The summed E-state index contributed by atoms with van der Waals surface area (Å²) in [5, 5.41) is 3.11. The maximum Gasteiger partial charge on any atom is 0.417 e. The van der Waals surface area contributed by atoms with Gasteiger partial charge in [0.05, 0.1) is 18.8 Å². The van der Waals surface area contributed by atoms with Gasteiger partial charge in [-0.25, -0.2) is 4.98 Å². The van der Waals surface area contributed by atoms with Crippen LogP contribution in [0.3, 0.4) is 0 Å². The van der Waals surface area contributed by atoms with Crippen molar-refractivity contribution in [3.8, 4) is 0 Å². The minimum Gasteiger partial charge on any atom is -0.379 e. The highest BCUT2D eigenvalue weighted by molar-refractivity contribution is 5.37. The van der Waals surface area contributed by atoms with Crippen molar-refractivity contribution in [2.24, 2.45) is 0 Å². The zero-order valence-corrected chi connectivity index (χ0v) is 11.3. The first-order chi connectivity index (χ1) is 9.45. The fraction of sp³-hybridized carbons (Fsp3) is 0.615. The summed E-state index contributed by atoms with van der Waals surface area (Å²) in [5.74, 6) is 0.457. The molecule has 0 saturated carbocycles. The lowest BCUT2D eigenvalue weighted by Crippen LogP contribution is -2.42. The van der Waals surface area contributed by atoms with E-state index >= 15 is 0 Å². The molecule has 0 spiro atoms. The SMILES string of the molecule is CC(CN1CCOCC1)Nc1ccc(C(F)(F)F)cn1. The molecule has 0 aromatic carbocycles. The Kier molecular flexibility index (Phi) is 4.82. The number of morpholine rings is 1. The van der Waals surface area contributed by atoms with Crippen LogP contribution < -0.4 is 5.32 Å². The summed E-state index contributed by atoms with van der Waals surface area (Å²) < 4.78 is 42.5. The average Bonchev–Trinajstić information content (AvgIpc) is 2.39. The molecule has 4 nitrogen and oxygen atoms in total. The van der Waals surface area contributed by atoms with Crippen molar-refractivity contribution in [3.63, 3.8) is 0 Å². The third-order valence-corrected chi connectivity index (χ3v) is 3.12. The van der Waals surface area contributed by atoms with Gasteiger partial charge in [-0.15, -0.1) is 0 Å². The number of alkyl halides is 3. The minimum atomic E-state index is -4.34. The first-order valence-corrected chi connectivity index (χ1v) is 6.55. The Morgan fingerprint density at radius 2 is 2.05 bits per heavy atom. The minimum absolute atomic E-state index is 0.109. The van der Waals surface area contributed by atoms with Gasteiger partial charge in [0.2, 0.25) is 0 Å². The second kappa shape index (κ2) is 6.41. The van der Waals surface area contributed by atoms with Gasteiger partial charge < -0.3 is 10.1 Å². The largest absolute Gasteiger partial charge is 0.417 e. The Hall–Kier alpha value is -1.34. The maximum atomic E-state index is 12.4. The molecule has 7 heteroatoms. The van der Waals surface area contributed by atoms with E-state index in [0.717, 1.165) is 45.1 Å². The van der Waals surface area contributed by atoms with E-state index in [1.165, 1.54) is 6.07 Å². The summed E-state index contributed by atoms with van der Waals surface area (Å²) in [4.78, 5) is 6.06. The molecule has 1 N–H and O–H groups in total. The number of rotatable bonds is 4. The van der Waals surface area contributed by atoms with Crippen LogP contribution in [0.4, 0.5) is 19.0 Å². The Balaban J connectivity index is 1.86. The third kappa shape index (κ3) is 4.35. The molecule has 2 heterocycles. The Morgan fingerprint density at radius 1 is 1.35 bits per heavy atom. The van der Waals surface area contributed by atoms with E-state index in [-0.39, 0.29) is 6.04 Å². The van der Waals surface area contributed by atoms with Crippen molar-refractivity contribution in [2.45, 2.75) is 19.1 Å². The molecule has 112 valence electrons. The van der Waals surface area contributed by atoms with Gasteiger partial charge in [-0.3, -0.25) is 4.90 Å². The smallest absolute Gasteiger partial charge is 0.379 e. The van der Waals surface area contributed by atoms with Gasteiger partial charge in [0.15, 0.2) is 0 Å². The molecule has 1 aromatic rings.